The molecule has 1 unspecified atom stereocenters. The molecule has 94 valence electrons. The van der Waals surface area contributed by atoms with Gasteiger partial charge in [-0.15, -0.1) is 0 Å². The lowest BCUT2D eigenvalue weighted by Gasteiger charge is -2.10. The fourth-order valence-corrected chi connectivity index (χ4v) is 2.46. The zero-order valence-corrected chi connectivity index (χ0v) is 10.7. The molecule has 0 amide bonds. The molecule has 1 aromatic carbocycles. The van der Waals surface area contributed by atoms with Crippen molar-refractivity contribution in [1.82, 2.24) is 0 Å². The molecule has 1 heterocycles. The molecule has 5 heteroatoms. The van der Waals surface area contributed by atoms with Crippen LogP contribution in [-0.2, 0) is 14.6 Å². The minimum Gasteiger partial charge on any atom is -0.385 e. The van der Waals surface area contributed by atoms with Crippen LogP contribution in [0.2, 0.25) is 0 Å². The van der Waals surface area contributed by atoms with Crippen LogP contribution in [0.5, 0.6) is 0 Å². The van der Waals surface area contributed by atoms with Crippen LogP contribution >= 0.6 is 0 Å². The molecule has 1 aromatic rings. The first-order valence-corrected chi connectivity index (χ1v) is 7.56. The SMILES string of the molecule is CS(=O)(=O)c1ccc(NCC2CCOC2)cc1. The van der Waals surface area contributed by atoms with E-state index in [1.807, 2.05) is 0 Å². The second-order valence-corrected chi connectivity index (χ2v) is 6.42. The summed E-state index contributed by atoms with van der Waals surface area (Å²) in [7, 11) is -3.10. The van der Waals surface area contributed by atoms with Crippen molar-refractivity contribution in [2.45, 2.75) is 11.3 Å². The van der Waals surface area contributed by atoms with Gasteiger partial charge in [0.15, 0.2) is 9.84 Å². The Morgan fingerprint density at radius 1 is 1.35 bits per heavy atom. The van der Waals surface area contributed by atoms with Crippen LogP contribution in [0.4, 0.5) is 5.69 Å². The molecule has 1 aliphatic heterocycles. The van der Waals surface area contributed by atoms with Gasteiger partial charge in [-0.1, -0.05) is 0 Å². The summed E-state index contributed by atoms with van der Waals surface area (Å²) in [6, 6.07) is 6.85. The van der Waals surface area contributed by atoms with Gasteiger partial charge in [0.1, 0.15) is 0 Å². The van der Waals surface area contributed by atoms with Crippen LogP contribution in [0.1, 0.15) is 6.42 Å². The van der Waals surface area contributed by atoms with Gasteiger partial charge in [-0.05, 0) is 30.7 Å². The highest BCUT2D eigenvalue weighted by molar-refractivity contribution is 7.90. The number of ether oxygens (including phenoxy) is 1. The molecular weight excluding hydrogens is 238 g/mol. The molecule has 0 spiro atoms. The fraction of sp³-hybridized carbons (Fsp3) is 0.500. The standard InChI is InChI=1S/C12H17NO3S/c1-17(14,15)12-4-2-11(3-5-12)13-8-10-6-7-16-9-10/h2-5,10,13H,6-9H2,1H3. The third-order valence-corrected chi connectivity index (χ3v) is 4.03. The van der Waals surface area contributed by atoms with Gasteiger partial charge in [-0.25, -0.2) is 8.42 Å². The van der Waals surface area contributed by atoms with E-state index in [4.69, 9.17) is 4.74 Å². The zero-order valence-electron chi connectivity index (χ0n) is 9.85. The van der Waals surface area contributed by atoms with Gasteiger partial charge in [0.05, 0.1) is 11.5 Å². The number of hydrogen-bond donors (Lipinski definition) is 1. The lowest BCUT2D eigenvalue weighted by molar-refractivity contribution is 0.187. The summed E-state index contributed by atoms with van der Waals surface area (Å²) in [5.41, 5.74) is 0.948. The Labute approximate surface area is 102 Å². The molecule has 1 fully saturated rings. The van der Waals surface area contributed by atoms with E-state index in [0.717, 1.165) is 31.9 Å². The lowest BCUT2D eigenvalue weighted by atomic mass is 10.1. The Balaban J connectivity index is 1.94. The van der Waals surface area contributed by atoms with E-state index in [1.54, 1.807) is 24.3 Å². The Kier molecular flexibility index (Phi) is 3.69. The molecule has 0 bridgehead atoms. The van der Waals surface area contributed by atoms with E-state index < -0.39 is 9.84 Å². The van der Waals surface area contributed by atoms with Crippen molar-refractivity contribution >= 4 is 15.5 Å². The molecule has 1 atom stereocenters. The van der Waals surface area contributed by atoms with E-state index in [2.05, 4.69) is 5.32 Å². The molecule has 1 aliphatic rings. The summed E-state index contributed by atoms with van der Waals surface area (Å²) in [6.45, 7) is 2.53. The predicted molar refractivity (Wildman–Crippen MR) is 67.0 cm³/mol. The van der Waals surface area contributed by atoms with Crippen molar-refractivity contribution in [1.29, 1.82) is 0 Å². The van der Waals surface area contributed by atoms with Gasteiger partial charge in [0, 0.05) is 31.0 Å². The first-order chi connectivity index (χ1) is 8.05. The van der Waals surface area contributed by atoms with Gasteiger partial charge in [-0.3, -0.25) is 0 Å². The molecule has 0 radical (unpaired) electrons. The number of sulfone groups is 1. The summed E-state index contributed by atoms with van der Waals surface area (Å²) in [4.78, 5) is 0.354. The van der Waals surface area contributed by atoms with Crippen molar-refractivity contribution in [3.05, 3.63) is 24.3 Å². The first-order valence-electron chi connectivity index (χ1n) is 5.67. The molecule has 2 rings (SSSR count). The molecule has 1 N–H and O–H groups in total. The van der Waals surface area contributed by atoms with Gasteiger partial charge in [0.25, 0.3) is 0 Å². The molecule has 0 aromatic heterocycles. The number of benzene rings is 1. The first kappa shape index (κ1) is 12.4. The summed E-state index contributed by atoms with van der Waals surface area (Å²) < 4.78 is 27.8. The number of rotatable bonds is 4. The Bertz CT molecular complexity index is 461. The maximum Gasteiger partial charge on any atom is 0.175 e. The molecule has 4 nitrogen and oxygen atoms in total. The van der Waals surface area contributed by atoms with Crippen molar-refractivity contribution < 1.29 is 13.2 Å². The van der Waals surface area contributed by atoms with Crippen molar-refractivity contribution in [3.8, 4) is 0 Å². The Morgan fingerprint density at radius 2 is 2.06 bits per heavy atom. The van der Waals surface area contributed by atoms with Gasteiger partial charge >= 0.3 is 0 Å². The van der Waals surface area contributed by atoms with Crippen LogP contribution in [0, 0.1) is 5.92 Å². The number of hydrogen-bond acceptors (Lipinski definition) is 4. The van der Waals surface area contributed by atoms with E-state index in [9.17, 15) is 8.42 Å². The van der Waals surface area contributed by atoms with E-state index in [-0.39, 0.29) is 0 Å². The molecule has 0 aliphatic carbocycles. The second kappa shape index (κ2) is 5.06. The van der Waals surface area contributed by atoms with Gasteiger partial charge in [0.2, 0.25) is 0 Å². The number of nitrogens with one attached hydrogen (secondary N) is 1. The van der Waals surface area contributed by atoms with Crippen LogP contribution in [0.15, 0.2) is 29.2 Å². The monoisotopic (exact) mass is 255 g/mol. The predicted octanol–water partition coefficient (Wildman–Crippen LogP) is 1.54. The zero-order chi connectivity index (χ0) is 12.3. The largest absolute Gasteiger partial charge is 0.385 e. The summed E-state index contributed by atoms with van der Waals surface area (Å²) in [5, 5.41) is 3.29. The molecular formula is C12H17NO3S. The normalized spacial score (nSPS) is 20.4. The lowest BCUT2D eigenvalue weighted by Crippen LogP contribution is -2.14. The van der Waals surface area contributed by atoms with Crippen molar-refractivity contribution in [2.75, 3.05) is 31.3 Å². The average molecular weight is 255 g/mol. The summed E-state index contributed by atoms with van der Waals surface area (Å²) in [5.74, 6) is 0.560. The third-order valence-electron chi connectivity index (χ3n) is 2.90. The van der Waals surface area contributed by atoms with E-state index in [1.165, 1.54) is 6.26 Å². The van der Waals surface area contributed by atoms with Gasteiger partial charge in [-0.2, -0.15) is 0 Å². The van der Waals surface area contributed by atoms with Crippen molar-refractivity contribution in [2.24, 2.45) is 5.92 Å². The summed E-state index contributed by atoms with van der Waals surface area (Å²) >= 11 is 0. The maximum atomic E-state index is 11.3. The highest BCUT2D eigenvalue weighted by Gasteiger charge is 2.15. The molecule has 0 saturated carbocycles. The summed E-state index contributed by atoms with van der Waals surface area (Å²) in [6.07, 6.45) is 2.31. The third kappa shape index (κ3) is 3.44. The van der Waals surface area contributed by atoms with Crippen LogP contribution in [0.3, 0.4) is 0 Å². The molecule has 1 saturated heterocycles. The topological polar surface area (TPSA) is 55.4 Å². The Morgan fingerprint density at radius 3 is 2.59 bits per heavy atom. The van der Waals surface area contributed by atoms with Gasteiger partial charge < -0.3 is 10.1 Å². The Hall–Kier alpha value is -1.07. The van der Waals surface area contributed by atoms with Crippen LogP contribution in [0.25, 0.3) is 0 Å². The highest BCUT2D eigenvalue weighted by Crippen LogP contribution is 2.16. The van der Waals surface area contributed by atoms with Crippen LogP contribution in [-0.4, -0.2) is 34.4 Å². The smallest absolute Gasteiger partial charge is 0.175 e. The minimum absolute atomic E-state index is 0.354. The van der Waals surface area contributed by atoms with Crippen LogP contribution < -0.4 is 5.32 Å². The fourth-order valence-electron chi connectivity index (χ4n) is 1.83. The molecule has 17 heavy (non-hydrogen) atoms. The second-order valence-electron chi connectivity index (χ2n) is 4.41. The van der Waals surface area contributed by atoms with E-state index in [0.29, 0.717) is 10.8 Å². The maximum absolute atomic E-state index is 11.3. The van der Waals surface area contributed by atoms with E-state index >= 15 is 0 Å². The van der Waals surface area contributed by atoms with Crippen molar-refractivity contribution in [3.63, 3.8) is 0 Å². The quantitative estimate of drug-likeness (QED) is 0.886. The highest BCUT2D eigenvalue weighted by atomic mass is 32.2. The minimum atomic E-state index is -3.10. The average Bonchev–Trinajstić information content (AvgIpc) is 2.78. The number of anilines is 1.